The van der Waals surface area contributed by atoms with Crippen LogP contribution in [0.1, 0.15) is 10.4 Å². The number of hydrogen-bond acceptors (Lipinski definition) is 4. The third kappa shape index (κ3) is 6.20. The lowest BCUT2D eigenvalue weighted by atomic mass is 10.1. The highest BCUT2D eigenvalue weighted by Crippen LogP contribution is 2.30. The van der Waals surface area contributed by atoms with Gasteiger partial charge in [0.1, 0.15) is 18.1 Å². The summed E-state index contributed by atoms with van der Waals surface area (Å²) in [4.78, 5) is 24.5. The fraction of sp³-hybridized carbons (Fsp3) is 0.0833. The van der Waals surface area contributed by atoms with Crippen LogP contribution in [0.25, 0.3) is 11.1 Å². The Morgan fingerprint density at radius 2 is 1.61 bits per heavy atom. The van der Waals surface area contributed by atoms with Crippen LogP contribution < -0.4 is 20.3 Å². The van der Waals surface area contributed by atoms with Crippen LogP contribution in [-0.2, 0) is 4.79 Å². The predicted molar refractivity (Wildman–Crippen MR) is 123 cm³/mol. The third-order valence-corrected chi connectivity index (χ3v) is 4.82. The number of carbonyl (C=O) groups excluding carboxylic acids is 2. The SMILES string of the molecule is C=CCOc1ccccc1C(=O)NNC(=O)COc1ccc(-c2ccccc2)cc1Br. The molecule has 6 nitrogen and oxygen atoms in total. The Balaban J connectivity index is 1.53. The molecule has 0 aliphatic carbocycles. The third-order valence-electron chi connectivity index (χ3n) is 4.20. The molecule has 0 fully saturated rings. The molecule has 7 heteroatoms. The van der Waals surface area contributed by atoms with Crippen molar-refractivity contribution < 1.29 is 19.1 Å². The van der Waals surface area contributed by atoms with Crippen LogP contribution in [-0.4, -0.2) is 25.0 Å². The van der Waals surface area contributed by atoms with E-state index in [4.69, 9.17) is 9.47 Å². The first kappa shape index (κ1) is 22.1. The molecule has 3 rings (SSSR count). The second kappa shape index (κ2) is 11.0. The van der Waals surface area contributed by atoms with Crippen molar-refractivity contribution in [3.8, 4) is 22.6 Å². The first-order valence-electron chi connectivity index (χ1n) is 9.48. The largest absolute Gasteiger partial charge is 0.489 e. The molecule has 158 valence electrons. The number of hydrogen-bond donors (Lipinski definition) is 2. The highest BCUT2D eigenvalue weighted by Gasteiger charge is 2.13. The number of rotatable bonds is 8. The molecule has 0 saturated carbocycles. The predicted octanol–water partition coefficient (Wildman–Crippen LogP) is 4.52. The van der Waals surface area contributed by atoms with Crippen molar-refractivity contribution in [3.05, 3.63) is 95.5 Å². The summed E-state index contributed by atoms with van der Waals surface area (Å²) < 4.78 is 11.7. The van der Waals surface area contributed by atoms with E-state index < -0.39 is 11.8 Å². The number of benzene rings is 3. The number of halogens is 1. The summed E-state index contributed by atoms with van der Waals surface area (Å²) in [5, 5.41) is 0. The molecule has 0 heterocycles. The highest BCUT2D eigenvalue weighted by atomic mass is 79.9. The number of carbonyl (C=O) groups is 2. The fourth-order valence-corrected chi connectivity index (χ4v) is 3.22. The normalized spacial score (nSPS) is 10.1. The van der Waals surface area contributed by atoms with Crippen molar-refractivity contribution in [2.75, 3.05) is 13.2 Å². The number of hydrazine groups is 1. The molecule has 0 saturated heterocycles. The lowest BCUT2D eigenvalue weighted by Gasteiger charge is -2.12. The van der Waals surface area contributed by atoms with Gasteiger partial charge in [-0.1, -0.05) is 61.2 Å². The van der Waals surface area contributed by atoms with Gasteiger partial charge in [0.15, 0.2) is 6.61 Å². The maximum atomic E-state index is 12.4. The van der Waals surface area contributed by atoms with Crippen LogP contribution in [0, 0.1) is 0 Å². The number of ether oxygens (including phenoxy) is 2. The van der Waals surface area contributed by atoms with Crippen molar-refractivity contribution in [1.82, 2.24) is 10.9 Å². The lowest BCUT2D eigenvalue weighted by Crippen LogP contribution is -2.43. The monoisotopic (exact) mass is 480 g/mol. The molecule has 31 heavy (non-hydrogen) atoms. The van der Waals surface area contributed by atoms with Gasteiger partial charge in [0.05, 0.1) is 10.0 Å². The van der Waals surface area contributed by atoms with Crippen molar-refractivity contribution in [1.29, 1.82) is 0 Å². The minimum absolute atomic E-state index is 0.266. The number of amides is 2. The second-order valence-electron chi connectivity index (χ2n) is 6.40. The van der Waals surface area contributed by atoms with Crippen LogP contribution in [0.2, 0.25) is 0 Å². The summed E-state index contributed by atoms with van der Waals surface area (Å²) >= 11 is 3.47. The molecule has 0 radical (unpaired) electrons. The van der Waals surface area contributed by atoms with Crippen molar-refractivity contribution >= 4 is 27.7 Å². The van der Waals surface area contributed by atoms with E-state index in [1.807, 2.05) is 42.5 Å². The summed E-state index contributed by atoms with van der Waals surface area (Å²) in [5.41, 5.74) is 7.09. The smallest absolute Gasteiger partial charge is 0.276 e. The molecule has 2 N–H and O–H groups in total. The van der Waals surface area contributed by atoms with Gasteiger partial charge < -0.3 is 9.47 Å². The molecule has 0 bridgehead atoms. The molecule has 0 aliphatic heterocycles. The zero-order valence-corrected chi connectivity index (χ0v) is 18.2. The van der Waals surface area contributed by atoms with Crippen molar-refractivity contribution in [2.24, 2.45) is 0 Å². The van der Waals surface area contributed by atoms with Crippen LogP contribution in [0.5, 0.6) is 11.5 Å². The Morgan fingerprint density at radius 3 is 2.35 bits per heavy atom. The Bertz CT molecular complexity index is 1070. The fourth-order valence-electron chi connectivity index (χ4n) is 2.73. The van der Waals surface area contributed by atoms with Crippen molar-refractivity contribution in [2.45, 2.75) is 0 Å². The van der Waals surface area contributed by atoms with Crippen LogP contribution in [0.15, 0.2) is 89.9 Å². The Labute approximate surface area is 189 Å². The van der Waals surface area contributed by atoms with Gasteiger partial charge in [-0.05, 0) is 51.3 Å². The molecule has 3 aromatic rings. The first-order valence-corrected chi connectivity index (χ1v) is 10.3. The Morgan fingerprint density at radius 1 is 0.871 bits per heavy atom. The summed E-state index contributed by atoms with van der Waals surface area (Å²) in [6.07, 6.45) is 1.58. The molecular formula is C24H21BrN2O4. The van der Waals surface area contributed by atoms with E-state index in [1.54, 1.807) is 36.4 Å². The van der Waals surface area contributed by atoms with Gasteiger partial charge in [0.25, 0.3) is 11.8 Å². The lowest BCUT2D eigenvalue weighted by molar-refractivity contribution is -0.123. The van der Waals surface area contributed by atoms with Crippen LogP contribution >= 0.6 is 15.9 Å². The molecule has 2 amide bonds. The molecule has 0 aromatic heterocycles. The topological polar surface area (TPSA) is 76.7 Å². The average Bonchev–Trinajstić information content (AvgIpc) is 2.81. The molecule has 0 unspecified atom stereocenters. The van der Waals surface area contributed by atoms with E-state index in [0.29, 0.717) is 17.1 Å². The second-order valence-corrected chi connectivity index (χ2v) is 7.25. The molecule has 3 aromatic carbocycles. The van der Waals surface area contributed by atoms with Gasteiger partial charge in [-0.2, -0.15) is 0 Å². The summed E-state index contributed by atoms with van der Waals surface area (Å²) in [7, 11) is 0. The Kier molecular flexibility index (Phi) is 7.84. The standard InChI is InChI=1S/C24H21BrN2O4/c1-2-14-30-21-11-7-6-10-19(21)24(29)27-26-23(28)16-31-22-13-12-18(15-20(22)25)17-8-4-3-5-9-17/h2-13,15H,1,14,16H2,(H,26,28)(H,27,29). The minimum atomic E-state index is -0.503. The number of para-hydroxylation sites is 1. The molecule has 0 aliphatic rings. The van der Waals surface area contributed by atoms with Gasteiger partial charge in [0, 0.05) is 0 Å². The van der Waals surface area contributed by atoms with Crippen molar-refractivity contribution in [3.63, 3.8) is 0 Å². The summed E-state index contributed by atoms with van der Waals surface area (Å²) in [6.45, 7) is 3.58. The molecule has 0 atom stereocenters. The van der Waals surface area contributed by atoms with E-state index in [9.17, 15) is 9.59 Å². The van der Waals surface area contributed by atoms with Gasteiger partial charge in [-0.25, -0.2) is 0 Å². The zero-order chi connectivity index (χ0) is 22.1. The minimum Gasteiger partial charge on any atom is -0.489 e. The molecular weight excluding hydrogens is 460 g/mol. The van der Waals surface area contributed by atoms with Crippen LogP contribution in [0.4, 0.5) is 0 Å². The van der Waals surface area contributed by atoms with E-state index in [0.717, 1.165) is 15.6 Å². The average molecular weight is 481 g/mol. The van der Waals surface area contributed by atoms with Crippen LogP contribution in [0.3, 0.4) is 0 Å². The Hall–Kier alpha value is -3.58. The van der Waals surface area contributed by atoms with E-state index in [-0.39, 0.29) is 13.2 Å². The quantitative estimate of drug-likeness (QED) is 0.367. The van der Waals surface area contributed by atoms with Gasteiger partial charge >= 0.3 is 0 Å². The van der Waals surface area contributed by atoms with Gasteiger partial charge in [-0.3, -0.25) is 20.4 Å². The molecule has 0 spiro atoms. The first-order chi connectivity index (χ1) is 15.1. The highest BCUT2D eigenvalue weighted by molar-refractivity contribution is 9.10. The summed E-state index contributed by atoms with van der Waals surface area (Å²) in [6, 6.07) is 22.3. The van der Waals surface area contributed by atoms with E-state index >= 15 is 0 Å². The number of nitrogens with one attached hydrogen (secondary N) is 2. The van der Waals surface area contributed by atoms with E-state index in [2.05, 4.69) is 33.4 Å². The zero-order valence-electron chi connectivity index (χ0n) is 16.6. The van der Waals surface area contributed by atoms with Gasteiger partial charge in [0.2, 0.25) is 0 Å². The van der Waals surface area contributed by atoms with E-state index in [1.165, 1.54) is 0 Å². The maximum Gasteiger partial charge on any atom is 0.276 e. The maximum absolute atomic E-state index is 12.4. The van der Waals surface area contributed by atoms with Gasteiger partial charge in [-0.15, -0.1) is 0 Å². The summed E-state index contributed by atoms with van der Waals surface area (Å²) in [5.74, 6) is -0.0875.